The second kappa shape index (κ2) is 4.69. The fraction of sp³-hybridized carbons (Fsp3) is 0.375. The topological polar surface area (TPSA) is 0 Å². The Morgan fingerprint density at radius 2 is 1.75 bits per heavy atom. The molecule has 83 valence electrons. The zero-order chi connectivity index (χ0) is 11.5. The summed E-state index contributed by atoms with van der Waals surface area (Å²) in [6, 6.07) is 12.6. The van der Waals surface area contributed by atoms with Crippen molar-refractivity contribution >= 4 is 10.8 Å². The maximum absolute atomic E-state index is 3.55. The van der Waals surface area contributed by atoms with Gasteiger partial charge in [0.05, 0.1) is 0 Å². The Labute approximate surface area is 98.3 Å². The molecule has 16 heavy (non-hydrogen) atoms. The molecule has 0 aliphatic heterocycles. The molecule has 2 rings (SSSR count). The number of hydrogen-bond acceptors (Lipinski definition) is 0. The van der Waals surface area contributed by atoms with Crippen LogP contribution in [0.1, 0.15) is 37.5 Å². The van der Waals surface area contributed by atoms with E-state index in [0.29, 0.717) is 0 Å². The largest absolute Gasteiger partial charge is 0.0613 e. The molecule has 0 nitrogen and oxygen atoms in total. The van der Waals surface area contributed by atoms with Crippen LogP contribution >= 0.6 is 0 Å². The monoisotopic (exact) mass is 211 g/mol. The molecule has 0 bridgehead atoms. The molecule has 0 unspecified atom stereocenters. The van der Waals surface area contributed by atoms with E-state index in [1.54, 1.807) is 0 Å². The van der Waals surface area contributed by atoms with E-state index in [4.69, 9.17) is 0 Å². The molecule has 0 heterocycles. The minimum Gasteiger partial charge on any atom is -0.0613 e. The number of fused-ring (bicyclic) bond motifs is 1. The number of rotatable bonds is 3. The normalized spacial score (nSPS) is 10.9. The van der Waals surface area contributed by atoms with Gasteiger partial charge in [0.1, 0.15) is 0 Å². The Hall–Kier alpha value is -1.30. The molecule has 0 saturated carbocycles. The van der Waals surface area contributed by atoms with Gasteiger partial charge in [-0.15, -0.1) is 0 Å². The first-order valence-corrected chi connectivity index (χ1v) is 6.25. The zero-order valence-electron chi connectivity index (χ0n) is 10.4. The van der Waals surface area contributed by atoms with Crippen molar-refractivity contribution < 1.29 is 0 Å². The van der Waals surface area contributed by atoms with Gasteiger partial charge in [-0.1, -0.05) is 45.0 Å². The van der Waals surface area contributed by atoms with E-state index in [2.05, 4.69) is 51.1 Å². The lowest BCUT2D eigenvalue weighted by atomic mass is 9.96. The van der Waals surface area contributed by atoms with E-state index < -0.39 is 0 Å². The van der Waals surface area contributed by atoms with Crippen molar-refractivity contribution in [3.05, 3.63) is 47.0 Å². The van der Waals surface area contributed by atoms with Crippen molar-refractivity contribution in [3.63, 3.8) is 0 Å². The zero-order valence-corrected chi connectivity index (χ0v) is 10.4. The minimum absolute atomic E-state index is 1.08. The van der Waals surface area contributed by atoms with Crippen molar-refractivity contribution in [2.45, 2.75) is 40.0 Å². The van der Waals surface area contributed by atoms with Gasteiger partial charge >= 0.3 is 0 Å². The molecular weight excluding hydrogens is 192 g/mol. The van der Waals surface area contributed by atoms with Crippen molar-refractivity contribution in [1.29, 1.82) is 0 Å². The molecule has 1 radical (unpaired) electrons. The van der Waals surface area contributed by atoms with Crippen LogP contribution in [0.3, 0.4) is 0 Å². The van der Waals surface area contributed by atoms with Crippen LogP contribution in [0, 0.1) is 6.07 Å². The summed E-state index contributed by atoms with van der Waals surface area (Å²) in [7, 11) is 0. The van der Waals surface area contributed by atoms with E-state index in [1.807, 2.05) is 0 Å². The molecule has 0 atom stereocenters. The maximum atomic E-state index is 3.55. The molecule has 0 N–H and O–H groups in total. The Bertz CT molecular complexity index is 495. The summed E-state index contributed by atoms with van der Waals surface area (Å²) in [5.41, 5.74) is 4.23. The van der Waals surface area contributed by atoms with Gasteiger partial charge in [-0.2, -0.15) is 0 Å². The SMILES string of the molecule is CCc1ccc2[c]c(CC)c(CC)cc2c1. The Morgan fingerprint density at radius 1 is 0.938 bits per heavy atom. The van der Waals surface area contributed by atoms with Gasteiger partial charge in [-0.05, 0) is 52.8 Å². The second-order valence-electron chi connectivity index (χ2n) is 4.26. The molecule has 2 aromatic rings. The van der Waals surface area contributed by atoms with Gasteiger partial charge < -0.3 is 0 Å². The summed E-state index contributed by atoms with van der Waals surface area (Å²) in [5, 5.41) is 2.60. The first kappa shape index (κ1) is 11.2. The lowest BCUT2D eigenvalue weighted by molar-refractivity contribution is 1.04. The molecule has 0 fully saturated rings. The van der Waals surface area contributed by atoms with Gasteiger partial charge in [0.15, 0.2) is 0 Å². The average Bonchev–Trinajstić information content (AvgIpc) is 2.36. The van der Waals surface area contributed by atoms with Crippen molar-refractivity contribution in [3.8, 4) is 0 Å². The number of benzene rings is 2. The van der Waals surface area contributed by atoms with Crippen molar-refractivity contribution in [2.75, 3.05) is 0 Å². The van der Waals surface area contributed by atoms with Crippen LogP contribution in [-0.2, 0) is 19.3 Å². The van der Waals surface area contributed by atoms with Gasteiger partial charge in [-0.25, -0.2) is 0 Å². The van der Waals surface area contributed by atoms with Gasteiger partial charge in [0.2, 0.25) is 0 Å². The predicted molar refractivity (Wildman–Crippen MR) is 70.9 cm³/mol. The van der Waals surface area contributed by atoms with Gasteiger partial charge in [0, 0.05) is 0 Å². The molecular formula is C16H19. The molecule has 0 heteroatoms. The Balaban J connectivity index is 2.63. The minimum atomic E-state index is 1.08. The smallest absolute Gasteiger partial charge is 0.00616 e. The number of aryl methyl sites for hydroxylation is 3. The highest BCUT2D eigenvalue weighted by molar-refractivity contribution is 5.84. The second-order valence-corrected chi connectivity index (χ2v) is 4.26. The fourth-order valence-corrected chi connectivity index (χ4v) is 2.21. The fourth-order valence-electron chi connectivity index (χ4n) is 2.21. The van der Waals surface area contributed by atoms with Crippen LogP contribution in [0.15, 0.2) is 24.3 Å². The van der Waals surface area contributed by atoms with Crippen LogP contribution in [0.25, 0.3) is 10.8 Å². The van der Waals surface area contributed by atoms with E-state index in [-0.39, 0.29) is 0 Å². The third kappa shape index (κ3) is 1.97. The van der Waals surface area contributed by atoms with Crippen molar-refractivity contribution in [2.24, 2.45) is 0 Å². The number of hydrogen-bond donors (Lipinski definition) is 0. The highest BCUT2D eigenvalue weighted by Gasteiger charge is 2.03. The van der Waals surface area contributed by atoms with Crippen LogP contribution in [0.2, 0.25) is 0 Å². The van der Waals surface area contributed by atoms with E-state index in [0.717, 1.165) is 19.3 Å². The highest BCUT2D eigenvalue weighted by Crippen LogP contribution is 2.22. The molecule has 0 aromatic heterocycles. The van der Waals surface area contributed by atoms with Crippen LogP contribution in [0.4, 0.5) is 0 Å². The van der Waals surface area contributed by atoms with Crippen molar-refractivity contribution in [1.82, 2.24) is 0 Å². The summed E-state index contributed by atoms with van der Waals surface area (Å²) < 4.78 is 0. The molecule has 2 aromatic carbocycles. The third-order valence-electron chi connectivity index (χ3n) is 3.26. The lowest BCUT2D eigenvalue weighted by Gasteiger charge is -2.08. The van der Waals surface area contributed by atoms with Gasteiger partial charge in [-0.3, -0.25) is 0 Å². The molecule has 0 spiro atoms. The van der Waals surface area contributed by atoms with Crippen LogP contribution < -0.4 is 0 Å². The third-order valence-corrected chi connectivity index (χ3v) is 3.26. The molecule has 0 saturated heterocycles. The molecule has 0 aliphatic carbocycles. The summed E-state index contributed by atoms with van der Waals surface area (Å²) in [6.45, 7) is 6.63. The van der Waals surface area contributed by atoms with E-state index >= 15 is 0 Å². The van der Waals surface area contributed by atoms with E-state index in [1.165, 1.54) is 27.5 Å². The maximum Gasteiger partial charge on any atom is -0.00616 e. The average molecular weight is 211 g/mol. The first-order valence-electron chi connectivity index (χ1n) is 6.25. The highest BCUT2D eigenvalue weighted by atomic mass is 14.1. The first-order chi connectivity index (χ1) is 7.78. The molecule has 0 amide bonds. The standard InChI is InChI=1S/C16H19/c1-4-12-7-8-15-10-13(5-2)14(6-3)11-16(15)9-12/h7-9,11H,4-6H2,1-3H3. The molecule has 0 aliphatic rings. The Kier molecular flexibility index (Phi) is 3.28. The lowest BCUT2D eigenvalue weighted by Crippen LogP contribution is -1.92. The summed E-state index contributed by atoms with van der Waals surface area (Å²) in [5.74, 6) is 0. The Morgan fingerprint density at radius 3 is 2.38 bits per heavy atom. The summed E-state index contributed by atoms with van der Waals surface area (Å²) >= 11 is 0. The van der Waals surface area contributed by atoms with Crippen LogP contribution in [-0.4, -0.2) is 0 Å². The summed E-state index contributed by atoms with van der Waals surface area (Å²) in [4.78, 5) is 0. The summed E-state index contributed by atoms with van der Waals surface area (Å²) in [6.07, 6.45) is 3.29. The van der Waals surface area contributed by atoms with Crippen LogP contribution in [0.5, 0.6) is 0 Å². The quantitative estimate of drug-likeness (QED) is 0.709. The predicted octanol–water partition coefficient (Wildman–Crippen LogP) is 4.33. The van der Waals surface area contributed by atoms with E-state index in [9.17, 15) is 0 Å². The van der Waals surface area contributed by atoms with Gasteiger partial charge in [0.25, 0.3) is 0 Å².